The van der Waals surface area contributed by atoms with Gasteiger partial charge in [-0.25, -0.2) is 0 Å². The lowest BCUT2D eigenvalue weighted by molar-refractivity contribution is -0.140. The summed E-state index contributed by atoms with van der Waals surface area (Å²) in [5.41, 5.74) is 0.757. The van der Waals surface area contributed by atoms with E-state index in [0.29, 0.717) is 11.5 Å². The lowest BCUT2D eigenvalue weighted by atomic mass is 9.85. The zero-order valence-electron chi connectivity index (χ0n) is 12.2. The molecule has 23 heavy (non-hydrogen) atoms. The third-order valence-corrected chi connectivity index (χ3v) is 5.17. The van der Waals surface area contributed by atoms with Crippen LogP contribution in [0.1, 0.15) is 12.0 Å². The van der Waals surface area contributed by atoms with Crippen molar-refractivity contribution in [2.75, 3.05) is 6.79 Å². The second-order valence-electron chi connectivity index (χ2n) is 6.35. The van der Waals surface area contributed by atoms with Gasteiger partial charge in [0, 0.05) is 0 Å². The van der Waals surface area contributed by atoms with Crippen LogP contribution in [-0.4, -0.2) is 29.8 Å². The van der Waals surface area contributed by atoms with Crippen LogP contribution in [0, 0.1) is 23.7 Å². The normalized spacial score (nSPS) is 33.3. The zero-order chi connectivity index (χ0) is 15.6. The van der Waals surface area contributed by atoms with E-state index in [0.717, 1.165) is 17.0 Å². The van der Waals surface area contributed by atoms with Crippen molar-refractivity contribution in [3.05, 3.63) is 35.9 Å². The first-order valence-electron chi connectivity index (χ1n) is 7.72. The molecular formula is C17H14N2O4. The SMILES string of the molecule is O=C1C2C3C=CC(C3)C2C(=O)N1/N=C\c1ccc2c(c1)OCO2. The van der Waals surface area contributed by atoms with Crippen LogP contribution < -0.4 is 9.47 Å². The highest BCUT2D eigenvalue weighted by molar-refractivity contribution is 6.06. The maximum atomic E-state index is 12.5. The predicted octanol–water partition coefficient (Wildman–Crippen LogP) is 1.56. The first kappa shape index (κ1) is 12.9. The summed E-state index contributed by atoms with van der Waals surface area (Å²) in [7, 11) is 0. The molecule has 0 N–H and O–H groups in total. The fourth-order valence-corrected chi connectivity index (χ4v) is 4.12. The van der Waals surface area contributed by atoms with Gasteiger partial charge in [-0.2, -0.15) is 10.1 Å². The number of hydrazone groups is 1. The number of allylic oxidation sites excluding steroid dienone is 2. The van der Waals surface area contributed by atoms with Gasteiger partial charge in [-0.15, -0.1) is 0 Å². The summed E-state index contributed by atoms with van der Waals surface area (Å²) in [6, 6.07) is 5.38. The molecule has 6 heteroatoms. The Morgan fingerprint density at radius 1 is 1.04 bits per heavy atom. The summed E-state index contributed by atoms with van der Waals surface area (Å²) < 4.78 is 10.6. The van der Waals surface area contributed by atoms with Crippen LogP contribution >= 0.6 is 0 Å². The summed E-state index contributed by atoms with van der Waals surface area (Å²) in [5, 5.41) is 5.19. The number of hydrogen-bond donors (Lipinski definition) is 0. The van der Waals surface area contributed by atoms with Crippen molar-refractivity contribution in [2.45, 2.75) is 6.42 Å². The van der Waals surface area contributed by atoms with Gasteiger partial charge >= 0.3 is 0 Å². The molecule has 5 rings (SSSR count). The molecule has 1 saturated carbocycles. The van der Waals surface area contributed by atoms with E-state index in [1.165, 1.54) is 6.21 Å². The fraction of sp³-hybridized carbons (Fsp3) is 0.353. The van der Waals surface area contributed by atoms with Gasteiger partial charge in [0.1, 0.15) is 0 Å². The van der Waals surface area contributed by atoms with Crippen LogP contribution in [0.15, 0.2) is 35.5 Å². The number of fused-ring (bicyclic) bond motifs is 6. The summed E-state index contributed by atoms with van der Waals surface area (Å²) >= 11 is 0. The molecule has 0 aromatic heterocycles. The third kappa shape index (κ3) is 1.72. The molecule has 2 fully saturated rings. The number of ether oxygens (including phenoxy) is 2. The van der Waals surface area contributed by atoms with E-state index in [2.05, 4.69) is 17.3 Å². The molecule has 0 radical (unpaired) electrons. The zero-order valence-corrected chi connectivity index (χ0v) is 12.2. The highest BCUT2D eigenvalue weighted by Gasteiger charge is 2.59. The predicted molar refractivity (Wildman–Crippen MR) is 79.7 cm³/mol. The number of carbonyl (C=O) groups is 2. The molecule has 2 aliphatic heterocycles. The van der Waals surface area contributed by atoms with E-state index in [1.54, 1.807) is 12.1 Å². The van der Waals surface area contributed by atoms with Crippen molar-refractivity contribution in [1.82, 2.24) is 5.01 Å². The van der Waals surface area contributed by atoms with Crippen LogP contribution in [0.5, 0.6) is 11.5 Å². The minimum atomic E-state index is -0.216. The van der Waals surface area contributed by atoms with E-state index in [-0.39, 0.29) is 42.3 Å². The number of amides is 2. The lowest BCUT2D eigenvalue weighted by Crippen LogP contribution is -2.28. The largest absolute Gasteiger partial charge is 0.454 e. The van der Waals surface area contributed by atoms with E-state index < -0.39 is 0 Å². The van der Waals surface area contributed by atoms with Crippen LogP contribution in [0.4, 0.5) is 0 Å². The number of imide groups is 1. The molecule has 2 heterocycles. The Hall–Kier alpha value is -2.63. The topological polar surface area (TPSA) is 68.2 Å². The molecule has 0 spiro atoms. The average molecular weight is 310 g/mol. The maximum Gasteiger partial charge on any atom is 0.254 e. The molecular weight excluding hydrogens is 296 g/mol. The van der Waals surface area contributed by atoms with E-state index in [1.807, 2.05) is 6.07 Å². The minimum Gasteiger partial charge on any atom is -0.454 e. The van der Waals surface area contributed by atoms with Crippen LogP contribution in [0.3, 0.4) is 0 Å². The highest BCUT2D eigenvalue weighted by atomic mass is 16.7. The molecule has 2 aliphatic carbocycles. The first-order chi connectivity index (χ1) is 11.2. The Kier molecular flexibility index (Phi) is 2.48. The van der Waals surface area contributed by atoms with Gasteiger partial charge < -0.3 is 9.47 Å². The van der Waals surface area contributed by atoms with Gasteiger partial charge in [0.25, 0.3) is 11.8 Å². The molecule has 116 valence electrons. The summed E-state index contributed by atoms with van der Waals surface area (Å²) in [5.74, 6) is 0.958. The minimum absolute atomic E-state index is 0.172. The molecule has 4 aliphatic rings. The Morgan fingerprint density at radius 2 is 1.74 bits per heavy atom. The second kappa shape index (κ2) is 4.44. The Bertz CT molecular complexity index is 755. The average Bonchev–Trinajstić information content (AvgIpc) is 3.30. The monoisotopic (exact) mass is 310 g/mol. The van der Waals surface area contributed by atoms with Crippen molar-refractivity contribution in [1.29, 1.82) is 0 Å². The van der Waals surface area contributed by atoms with Crippen molar-refractivity contribution in [3.63, 3.8) is 0 Å². The van der Waals surface area contributed by atoms with Crippen molar-refractivity contribution in [3.8, 4) is 11.5 Å². The van der Waals surface area contributed by atoms with Gasteiger partial charge in [0.05, 0.1) is 18.1 Å². The van der Waals surface area contributed by atoms with Crippen LogP contribution in [0.25, 0.3) is 0 Å². The van der Waals surface area contributed by atoms with Crippen molar-refractivity contribution >= 4 is 18.0 Å². The molecule has 2 bridgehead atoms. The molecule has 4 unspecified atom stereocenters. The van der Waals surface area contributed by atoms with Crippen molar-refractivity contribution < 1.29 is 19.1 Å². The Morgan fingerprint density at radius 3 is 2.48 bits per heavy atom. The maximum absolute atomic E-state index is 12.5. The molecule has 6 nitrogen and oxygen atoms in total. The van der Waals surface area contributed by atoms with Gasteiger partial charge in [-0.05, 0) is 42.0 Å². The van der Waals surface area contributed by atoms with Gasteiger partial charge in [0.2, 0.25) is 6.79 Å². The van der Waals surface area contributed by atoms with E-state index in [4.69, 9.17) is 9.47 Å². The van der Waals surface area contributed by atoms with Crippen LogP contribution in [-0.2, 0) is 9.59 Å². The Labute approximate surface area is 132 Å². The molecule has 4 atom stereocenters. The second-order valence-corrected chi connectivity index (χ2v) is 6.35. The number of nitrogens with zero attached hydrogens (tertiary/aromatic N) is 2. The quantitative estimate of drug-likeness (QED) is 0.472. The van der Waals surface area contributed by atoms with E-state index >= 15 is 0 Å². The van der Waals surface area contributed by atoms with Gasteiger partial charge in [-0.3, -0.25) is 9.59 Å². The fourth-order valence-electron chi connectivity index (χ4n) is 4.12. The third-order valence-electron chi connectivity index (χ3n) is 5.17. The van der Waals surface area contributed by atoms with Gasteiger partial charge in [0.15, 0.2) is 11.5 Å². The molecule has 1 aromatic rings. The molecule has 2 amide bonds. The van der Waals surface area contributed by atoms with Gasteiger partial charge in [-0.1, -0.05) is 12.2 Å². The molecule has 1 aromatic carbocycles. The molecule has 1 saturated heterocycles. The first-order valence-corrected chi connectivity index (χ1v) is 7.72. The highest BCUT2D eigenvalue weighted by Crippen LogP contribution is 2.52. The van der Waals surface area contributed by atoms with E-state index in [9.17, 15) is 9.59 Å². The standard InChI is InChI=1S/C17H14N2O4/c20-16-14-10-2-3-11(6-10)15(14)17(21)19(16)18-7-9-1-4-12-13(5-9)23-8-22-12/h1-5,7,10-11,14-15H,6,8H2/b18-7-. The summed E-state index contributed by atoms with van der Waals surface area (Å²) in [4.78, 5) is 25.0. The smallest absolute Gasteiger partial charge is 0.254 e. The summed E-state index contributed by atoms with van der Waals surface area (Å²) in [6.45, 7) is 0.207. The number of rotatable bonds is 2. The summed E-state index contributed by atoms with van der Waals surface area (Å²) in [6.07, 6.45) is 6.59. The van der Waals surface area contributed by atoms with Crippen LogP contribution in [0.2, 0.25) is 0 Å². The number of benzene rings is 1. The van der Waals surface area contributed by atoms with Crippen molar-refractivity contribution in [2.24, 2.45) is 28.8 Å². The Balaban J connectivity index is 1.41. The lowest BCUT2D eigenvalue weighted by Gasteiger charge is -2.13. The number of carbonyl (C=O) groups excluding carboxylic acids is 2. The number of hydrogen-bond acceptors (Lipinski definition) is 5.